The first-order valence-electron chi connectivity index (χ1n) is 8.48. The molecule has 0 saturated carbocycles. The zero-order valence-electron chi connectivity index (χ0n) is 16.6. The number of hydrogen-bond donors (Lipinski definition) is 0. The van der Waals surface area contributed by atoms with E-state index < -0.39 is 0 Å². The van der Waals surface area contributed by atoms with E-state index in [0.29, 0.717) is 0 Å². The predicted molar refractivity (Wildman–Crippen MR) is 114 cm³/mol. The van der Waals surface area contributed by atoms with Crippen LogP contribution in [0.25, 0.3) is 0 Å². The fraction of sp³-hybridized carbons (Fsp3) is 0.273. The van der Waals surface area contributed by atoms with Crippen LogP contribution in [0.4, 0.5) is 0 Å². The van der Waals surface area contributed by atoms with Crippen LogP contribution in [0.3, 0.4) is 0 Å². The molecule has 2 nitrogen and oxygen atoms in total. The van der Waals surface area contributed by atoms with Crippen molar-refractivity contribution in [2.24, 2.45) is 0 Å². The van der Waals surface area contributed by atoms with Gasteiger partial charge in [0.2, 0.25) is 9.84 Å². The quantitative estimate of drug-likeness (QED) is 0.194. The van der Waals surface area contributed by atoms with Crippen LogP contribution in [-0.4, -0.2) is 45.2 Å². The molecule has 0 unspecified atom stereocenters. The summed E-state index contributed by atoms with van der Waals surface area (Å²) >= 11 is 0. The van der Waals surface area contributed by atoms with Crippen molar-refractivity contribution >= 4 is 9.84 Å². The monoisotopic (exact) mass is 511 g/mol. The number of nitrogens with zero attached hydrogens (tertiary/aromatic N) is 2. The first kappa shape index (κ1) is 35.0. The molecule has 0 heterocycles. The van der Waals surface area contributed by atoms with Crippen molar-refractivity contribution in [2.75, 3.05) is 26.2 Å². The van der Waals surface area contributed by atoms with E-state index in [1.54, 1.807) is 0 Å². The predicted octanol–water partition coefficient (Wildman–Crippen LogP) is -1.78. The third-order valence-electron chi connectivity index (χ3n) is 2.95. The summed E-state index contributed by atoms with van der Waals surface area (Å²) in [6.07, 6.45) is 27.7. The normalized spacial score (nSPS) is 11.8. The second kappa shape index (κ2) is 28.7. The van der Waals surface area contributed by atoms with Crippen LogP contribution in [0.15, 0.2) is 87.1 Å². The molecule has 2 aliphatic carbocycles. The Hall–Kier alpha value is -0.480. The SMILES string of the molecule is C=CCN(CC=C)[SiH]N(CC=C)CC=C.[C-]1=CC=CC1.[C-]1=CC=CC1.[Cl-].[Cl-].[Zr+4]. The van der Waals surface area contributed by atoms with Crippen LogP contribution in [-0.2, 0) is 26.2 Å². The van der Waals surface area contributed by atoms with Crippen molar-refractivity contribution in [1.82, 2.24) is 9.13 Å². The maximum Gasteiger partial charge on any atom is 4.00 e. The maximum atomic E-state index is 3.76. The molecule has 2 aliphatic rings. The molecule has 6 heteroatoms. The molecule has 0 aromatic rings. The molecule has 0 fully saturated rings. The number of allylic oxidation sites excluding steroid dienone is 8. The van der Waals surface area contributed by atoms with Crippen molar-refractivity contribution in [1.29, 1.82) is 0 Å². The molecule has 28 heavy (non-hydrogen) atoms. The fourth-order valence-corrected chi connectivity index (χ4v) is 3.35. The average molecular weight is 514 g/mol. The molecular formula is C22H31Cl2N2SiZr. The van der Waals surface area contributed by atoms with Gasteiger partial charge in [-0.25, -0.2) is 24.3 Å². The molecule has 0 N–H and O–H groups in total. The van der Waals surface area contributed by atoms with Gasteiger partial charge in [0.05, 0.1) is 0 Å². The Morgan fingerprint density at radius 1 is 0.714 bits per heavy atom. The van der Waals surface area contributed by atoms with Gasteiger partial charge in [-0.1, -0.05) is 24.3 Å². The zero-order valence-corrected chi connectivity index (χ0v) is 21.7. The van der Waals surface area contributed by atoms with Crippen LogP contribution in [0.5, 0.6) is 0 Å². The van der Waals surface area contributed by atoms with Gasteiger partial charge in [0.25, 0.3) is 0 Å². The van der Waals surface area contributed by atoms with E-state index in [9.17, 15) is 0 Å². The molecule has 0 saturated heterocycles. The largest absolute Gasteiger partial charge is 4.00 e. The number of halogens is 2. The summed E-state index contributed by atoms with van der Waals surface area (Å²) in [6.45, 7) is 18.7. The Kier molecular flexibility index (Phi) is 35.9. The van der Waals surface area contributed by atoms with E-state index in [2.05, 4.69) is 59.8 Å². The van der Waals surface area contributed by atoms with Gasteiger partial charge in [0.15, 0.2) is 0 Å². The van der Waals surface area contributed by atoms with Gasteiger partial charge in [-0.3, -0.25) is 12.2 Å². The first-order valence-corrected chi connectivity index (χ1v) is 9.51. The summed E-state index contributed by atoms with van der Waals surface area (Å²) in [7, 11) is 0.100. The van der Waals surface area contributed by atoms with Crippen LogP contribution >= 0.6 is 0 Å². The molecule has 0 spiro atoms. The standard InChI is InChI=1S/C12H21N2Si.2C5H5.2ClH.Zr/c1-5-9-13(10-6-2)15-14(11-7-3)12-8-4;2*1-2-4-5-3-1;;;/h5-8,15H,1-4,9-12H2;2*1-3H,4H2;2*1H;/q;2*-1;;;+4/p-2. The zero-order chi connectivity index (χ0) is 18.6. The summed E-state index contributed by atoms with van der Waals surface area (Å²) in [4.78, 5) is 0. The molecule has 2 rings (SSSR count). The van der Waals surface area contributed by atoms with Gasteiger partial charge in [-0.05, 0) is 0 Å². The van der Waals surface area contributed by atoms with E-state index in [1.165, 1.54) is 0 Å². The Morgan fingerprint density at radius 2 is 1.04 bits per heavy atom. The first-order chi connectivity index (χ1) is 12.3. The average Bonchev–Trinajstić information content (AvgIpc) is 3.34. The summed E-state index contributed by atoms with van der Waals surface area (Å²) in [6, 6.07) is 0. The van der Waals surface area contributed by atoms with Gasteiger partial charge in [0.1, 0.15) is 0 Å². The van der Waals surface area contributed by atoms with Crippen molar-refractivity contribution in [3.8, 4) is 0 Å². The van der Waals surface area contributed by atoms with Gasteiger partial charge < -0.3 is 33.9 Å². The van der Waals surface area contributed by atoms with Gasteiger partial charge in [-0.15, -0.1) is 39.2 Å². The van der Waals surface area contributed by atoms with Crippen LogP contribution in [0.2, 0.25) is 0 Å². The van der Waals surface area contributed by atoms with E-state index in [-0.39, 0.29) is 60.9 Å². The maximum absolute atomic E-state index is 3.76. The molecular weight excluding hydrogens is 482 g/mol. The minimum absolute atomic E-state index is 0. The third kappa shape index (κ3) is 23.6. The van der Waals surface area contributed by atoms with Crippen LogP contribution < -0.4 is 24.8 Å². The Labute approximate surface area is 207 Å². The third-order valence-corrected chi connectivity index (χ3v) is 4.45. The molecule has 0 aromatic carbocycles. The number of hydrogen-bond acceptors (Lipinski definition) is 2. The molecule has 0 atom stereocenters. The van der Waals surface area contributed by atoms with E-state index in [1.807, 2.05) is 48.6 Å². The molecule has 0 aliphatic heterocycles. The van der Waals surface area contributed by atoms with E-state index >= 15 is 0 Å². The van der Waals surface area contributed by atoms with Gasteiger partial charge >= 0.3 is 26.2 Å². The second-order valence-corrected chi connectivity index (χ2v) is 6.88. The Morgan fingerprint density at radius 3 is 1.18 bits per heavy atom. The summed E-state index contributed by atoms with van der Waals surface area (Å²) in [5.41, 5.74) is 0. The van der Waals surface area contributed by atoms with Crippen molar-refractivity contribution in [3.63, 3.8) is 0 Å². The van der Waals surface area contributed by atoms with Crippen LogP contribution in [0.1, 0.15) is 12.8 Å². The van der Waals surface area contributed by atoms with Gasteiger partial charge in [-0.2, -0.15) is 12.2 Å². The topological polar surface area (TPSA) is 6.48 Å². The Balaban J connectivity index is -0.000000181. The van der Waals surface area contributed by atoms with Crippen molar-refractivity contribution in [2.45, 2.75) is 12.8 Å². The molecule has 0 aromatic heterocycles. The summed E-state index contributed by atoms with van der Waals surface area (Å²) in [5, 5.41) is 0. The minimum atomic E-state index is 0. The minimum Gasteiger partial charge on any atom is -1.00 e. The summed E-state index contributed by atoms with van der Waals surface area (Å²) in [5.74, 6) is 0. The molecule has 0 amide bonds. The number of rotatable bonds is 10. The fourth-order valence-electron chi connectivity index (χ4n) is 1.91. The smallest absolute Gasteiger partial charge is 1.00 e. The Bertz CT molecular complexity index is 419. The molecule has 151 valence electrons. The molecule has 1 radical (unpaired) electrons. The second-order valence-electron chi connectivity index (χ2n) is 5.18. The van der Waals surface area contributed by atoms with Crippen LogP contribution in [0, 0.1) is 12.2 Å². The van der Waals surface area contributed by atoms with Gasteiger partial charge in [0, 0.05) is 26.2 Å². The summed E-state index contributed by atoms with van der Waals surface area (Å²) < 4.78 is 4.68. The van der Waals surface area contributed by atoms with Crippen molar-refractivity contribution < 1.29 is 51.0 Å². The van der Waals surface area contributed by atoms with E-state index in [4.69, 9.17) is 0 Å². The molecule has 0 bridgehead atoms. The van der Waals surface area contributed by atoms with E-state index in [0.717, 1.165) is 39.0 Å². The van der Waals surface area contributed by atoms with Crippen molar-refractivity contribution in [3.05, 3.63) is 99.2 Å².